The maximum Gasteiger partial charge on any atom is 0.106 e. The van der Waals surface area contributed by atoms with Gasteiger partial charge in [-0.05, 0) is 45.7 Å². The zero-order valence-corrected chi connectivity index (χ0v) is 25.2. The number of aliphatic hydroxyl groups is 1. The molecule has 1 aromatic carbocycles. The second-order valence-corrected chi connectivity index (χ2v) is 7.73. The number of aliphatic hydroxyl groups excluding tert-OH is 1. The standard InChI is InChI=1S/C14H12NS.C9H20O2.2C2H6.Y/c1-3-5-8-11(4-2)14-15-12-9-6-7-10-13(12)16-14;1-4-5-8-11-9(2,3)6-7-10;2*1-2;/h4-10H,1H2,2H3;10H,4-8H2,1-3H3;2*1-2H3;/q-1;;;;/b8-5-,11-4+;;;;. The Morgan fingerprint density at radius 3 is 2.34 bits per heavy atom. The van der Waals surface area contributed by atoms with Crippen LogP contribution < -0.4 is 0 Å². The van der Waals surface area contributed by atoms with Gasteiger partial charge in [0.1, 0.15) is 5.01 Å². The van der Waals surface area contributed by atoms with Crippen molar-refractivity contribution in [2.24, 2.45) is 0 Å². The van der Waals surface area contributed by atoms with Crippen molar-refractivity contribution in [1.82, 2.24) is 4.98 Å². The summed E-state index contributed by atoms with van der Waals surface area (Å²) in [7, 11) is 0. The van der Waals surface area contributed by atoms with Crippen molar-refractivity contribution in [3.05, 3.63) is 60.2 Å². The Bertz CT molecular complexity index is 718. The van der Waals surface area contributed by atoms with Gasteiger partial charge in [-0.25, -0.2) is 17.1 Å². The van der Waals surface area contributed by atoms with Gasteiger partial charge in [-0.2, -0.15) is 6.58 Å². The van der Waals surface area contributed by atoms with E-state index in [4.69, 9.17) is 9.84 Å². The molecular formula is C27H44NO2SY-. The predicted molar refractivity (Wildman–Crippen MR) is 141 cm³/mol. The van der Waals surface area contributed by atoms with E-state index in [2.05, 4.69) is 30.6 Å². The Balaban J connectivity index is -0.000000466. The average molecular weight is 536 g/mol. The van der Waals surface area contributed by atoms with E-state index in [0.29, 0.717) is 0 Å². The van der Waals surface area contributed by atoms with Crippen LogP contribution in [0.3, 0.4) is 0 Å². The topological polar surface area (TPSA) is 42.4 Å². The number of benzene rings is 1. The van der Waals surface area contributed by atoms with Crippen LogP contribution in [0, 0.1) is 6.08 Å². The van der Waals surface area contributed by atoms with E-state index in [1.165, 1.54) is 4.70 Å². The number of fused-ring (bicyclic) bond motifs is 1. The van der Waals surface area contributed by atoms with Gasteiger partial charge in [-0.15, -0.1) is 11.3 Å². The number of nitrogens with zero attached hydrogens (tertiary/aromatic N) is 1. The van der Waals surface area contributed by atoms with E-state index in [1.807, 2.05) is 78.8 Å². The van der Waals surface area contributed by atoms with Gasteiger partial charge in [-0.3, -0.25) is 6.08 Å². The molecule has 1 radical (unpaired) electrons. The molecule has 0 amide bonds. The van der Waals surface area contributed by atoms with Crippen LogP contribution in [0.1, 0.15) is 79.7 Å². The first kappa shape index (κ1) is 35.9. The number of thiazole rings is 1. The second-order valence-electron chi connectivity index (χ2n) is 6.70. The molecule has 1 heterocycles. The van der Waals surface area contributed by atoms with Crippen molar-refractivity contribution in [1.29, 1.82) is 0 Å². The Morgan fingerprint density at radius 1 is 1.22 bits per heavy atom. The van der Waals surface area contributed by atoms with E-state index < -0.39 is 0 Å². The number of para-hydroxylation sites is 1. The van der Waals surface area contributed by atoms with E-state index in [-0.39, 0.29) is 44.9 Å². The van der Waals surface area contributed by atoms with Crippen molar-refractivity contribution < 1.29 is 42.6 Å². The molecule has 5 heteroatoms. The van der Waals surface area contributed by atoms with Gasteiger partial charge in [0.25, 0.3) is 0 Å². The Labute approximate surface area is 227 Å². The molecule has 2 rings (SSSR count). The summed E-state index contributed by atoms with van der Waals surface area (Å²) in [6, 6.07) is 8.17. The van der Waals surface area contributed by atoms with Gasteiger partial charge in [0.05, 0.1) is 15.8 Å². The fraction of sp³-hybridized carbons (Fsp3) is 0.519. The normalized spacial score (nSPS) is 10.7. The largest absolute Gasteiger partial charge is 0.396 e. The first-order valence-electron chi connectivity index (χ1n) is 11.4. The molecule has 2 aromatic rings. The minimum absolute atomic E-state index is 0. The summed E-state index contributed by atoms with van der Waals surface area (Å²) in [5, 5.41) is 9.72. The molecule has 0 saturated heterocycles. The third-order valence-corrected chi connectivity index (χ3v) is 5.02. The van der Waals surface area contributed by atoms with Crippen molar-refractivity contribution in [3.8, 4) is 0 Å². The maximum atomic E-state index is 8.68. The molecule has 32 heavy (non-hydrogen) atoms. The average Bonchev–Trinajstić information content (AvgIpc) is 3.22. The van der Waals surface area contributed by atoms with Crippen LogP contribution in [-0.4, -0.2) is 28.9 Å². The summed E-state index contributed by atoms with van der Waals surface area (Å²) in [6.07, 6.45) is 11.6. The van der Waals surface area contributed by atoms with Crippen molar-refractivity contribution in [2.75, 3.05) is 13.2 Å². The monoisotopic (exact) mass is 535 g/mol. The SMILES string of the molecule is C=[C-]/C=C\C(=C/C)c1nc2ccccc2s1.CC.CC.CCCCOC(C)(C)CCO.[Y]. The molecule has 1 aromatic heterocycles. The van der Waals surface area contributed by atoms with Gasteiger partial charge in [0.2, 0.25) is 0 Å². The fourth-order valence-corrected chi connectivity index (χ4v) is 3.29. The number of hydrogen-bond donors (Lipinski definition) is 1. The summed E-state index contributed by atoms with van der Waals surface area (Å²) >= 11 is 1.70. The number of unbranched alkanes of at least 4 members (excludes halogenated alkanes) is 1. The van der Waals surface area contributed by atoms with Crippen LogP contribution in [0.2, 0.25) is 0 Å². The van der Waals surface area contributed by atoms with Crippen molar-refractivity contribution >= 4 is 27.1 Å². The molecule has 0 aliphatic heterocycles. The summed E-state index contributed by atoms with van der Waals surface area (Å²) in [4.78, 5) is 4.59. The summed E-state index contributed by atoms with van der Waals surface area (Å²) in [5.41, 5.74) is 2.01. The molecule has 0 atom stereocenters. The van der Waals surface area contributed by atoms with Crippen LogP contribution in [0.4, 0.5) is 0 Å². The van der Waals surface area contributed by atoms with Crippen LogP contribution in [0.25, 0.3) is 15.8 Å². The zero-order valence-electron chi connectivity index (χ0n) is 21.6. The molecule has 179 valence electrons. The molecule has 0 unspecified atom stereocenters. The number of aromatic nitrogens is 1. The Hall–Kier alpha value is -0.646. The number of ether oxygens (including phenoxy) is 1. The van der Waals surface area contributed by atoms with Crippen molar-refractivity contribution in [3.63, 3.8) is 0 Å². The number of rotatable bonds is 9. The minimum atomic E-state index is -0.149. The molecule has 0 bridgehead atoms. The first-order chi connectivity index (χ1) is 15.0. The van der Waals surface area contributed by atoms with Crippen LogP contribution in [0.5, 0.6) is 0 Å². The Kier molecular flexibility index (Phi) is 26.4. The minimum Gasteiger partial charge on any atom is -0.396 e. The first-order valence-corrected chi connectivity index (χ1v) is 12.2. The summed E-state index contributed by atoms with van der Waals surface area (Å²) < 4.78 is 6.77. The number of hydrogen-bond acceptors (Lipinski definition) is 4. The van der Waals surface area contributed by atoms with Gasteiger partial charge in [0.15, 0.2) is 0 Å². The number of allylic oxidation sites excluding steroid dienone is 5. The summed E-state index contributed by atoms with van der Waals surface area (Å²) in [5.74, 6) is 0. The van der Waals surface area contributed by atoms with Gasteiger partial charge in [-0.1, -0.05) is 64.8 Å². The molecule has 0 saturated carbocycles. The molecule has 0 aliphatic carbocycles. The van der Waals surface area contributed by atoms with Gasteiger partial charge in [0, 0.05) is 45.9 Å². The van der Waals surface area contributed by atoms with Gasteiger partial charge < -0.3 is 9.84 Å². The van der Waals surface area contributed by atoms with Crippen molar-refractivity contribution in [2.45, 2.75) is 80.3 Å². The predicted octanol–water partition coefficient (Wildman–Crippen LogP) is 8.26. The van der Waals surface area contributed by atoms with Crippen LogP contribution >= 0.6 is 11.3 Å². The smallest absolute Gasteiger partial charge is 0.106 e. The van der Waals surface area contributed by atoms with E-state index in [1.54, 1.807) is 17.4 Å². The molecule has 0 aliphatic rings. The molecule has 3 nitrogen and oxygen atoms in total. The van der Waals surface area contributed by atoms with Gasteiger partial charge >= 0.3 is 0 Å². The van der Waals surface area contributed by atoms with E-state index in [9.17, 15) is 0 Å². The van der Waals surface area contributed by atoms with E-state index in [0.717, 1.165) is 42.0 Å². The third-order valence-electron chi connectivity index (χ3n) is 3.94. The molecule has 0 fully saturated rings. The maximum absolute atomic E-state index is 8.68. The zero-order chi connectivity index (χ0) is 24.1. The van der Waals surface area contributed by atoms with Crippen LogP contribution in [0.15, 0.2) is 49.1 Å². The quantitative estimate of drug-likeness (QED) is 0.200. The fourth-order valence-electron chi connectivity index (χ4n) is 2.27. The molecular weight excluding hydrogens is 491 g/mol. The van der Waals surface area contributed by atoms with E-state index >= 15 is 0 Å². The molecule has 0 spiro atoms. The third kappa shape index (κ3) is 16.0. The summed E-state index contributed by atoms with van der Waals surface area (Å²) in [6.45, 7) is 20.7. The Morgan fingerprint density at radius 2 is 1.84 bits per heavy atom. The molecule has 1 N–H and O–H groups in total. The van der Waals surface area contributed by atoms with Crippen LogP contribution in [-0.2, 0) is 37.4 Å². The second kappa shape index (κ2) is 23.5.